The topological polar surface area (TPSA) is 59.8 Å². The molecule has 0 radical (unpaired) electrons. The molecule has 5 nitrogen and oxygen atoms in total. The van der Waals surface area contributed by atoms with Crippen LogP contribution in [0.25, 0.3) is 5.69 Å². The molecule has 4 rings (SSSR count). The molecular weight excluding hydrogens is 388 g/mol. The molecule has 0 unspecified atom stereocenters. The number of benzene rings is 1. The van der Waals surface area contributed by atoms with Gasteiger partial charge in [0.2, 0.25) is 0 Å². The lowest BCUT2D eigenvalue weighted by Gasteiger charge is -2.14. The van der Waals surface area contributed by atoms with Crippen molar-refractivity contribution in [2.24, 2.45) is 0 Å². The molecule has 122 valence electrons. The summed E-state index contributed by atoms with van der Waals surface area (Å²) in [5.41, 5.74) is 3.69. The minimum atomic E-state index is -0.183. The lowest BCUT2D eigenvalue weighted by molar-refractivity contribution is 0.102. The number of hydrogen-bond donors (Lipinski definition) is 1. The number of rotatable bonds is 3. The Hall–Kier alpha value is -1.99. The zero-order valence-corrected chi connectivity index (χ0v) is 15.2. The van der Waals surface area contributed by atoms with Gasteiger partial charge in [0.05, 0.1) is 5.69 Å². The smallest absolute Gasteiger partial charge is 0.278 e. The average molecular weight is 403 g/mol. The molecule has 3 aromatic rings. The predicted octanol–water partition coefficient (Wildman–Crippen LogP) is 4.22. The van der Waals surface area contributed by atoms with Crippen LogP contribution in [0.1, 0.15) is 34.6 Å². The van der Waals surface area contributed by atoms with E-state index in [0.29, 0.717) is 10.8 Å². The maximum absolute atomic E-state index is 12.7. The summed E-state index contributed by atoms with van der Waals surface area (Å²) in [4.78, 5) is 16.8. The van der Waals surface area contributed by atoms with Gasteiger partial charge in [-0.1, -0.05) is 22.0 Å². The molecule has 7 heteroatoms. The van der Waals surface area contributed by atoms with Crippen molar-refractivity contribution in [3.05, 3.63) is 57.3 Å². The van der Waals surface area contributed by atoms with Crippen molar-refractivity contribution in [1.82, 2.24) is 14.8 Å². The van der Waals surface area contributed by atoms with E-state index < -0.39 is 0 Å². The molecular formula is C17H15BrN4OS. The van der Waals surface area contributed by atoms with Gasteiger partial charge < -0.3 is 0 Å². The Kier molecular flexibility index (Phi) is 4.20. The number of anilines is 1. The molecule has 2 aromatic heterocycles. The third-order valence-electron chi connectivity index (χ3n) is 4.10. The van der Waals surface area contributed by atoms with Gasteiger partial charge in [-0.15, -0.1) is 11.3 Å². The van der Waals surface area contributed by atoms with Crippen molar-refractivity contribution < 1.29 is 4.79 Å². The summed E-state index contributed by atoms with van der Waals surface area (Å²) in [5.74, 6) is -0.183. The highest BCUT2D eigenvalue weighted by Crippen LogP contribution is 2.28. The first-order chi connectivity index (χ1) is 11.7. The second-order valence-electron chi connectivity index (χ2n) is 5.66. The van der Waals surface area contributed by atoms with Gasteiger partial charge in [-0.2, -0.15) is 5.10 Å². The lowest BCUT2D eigenvalue weighted by Crippen LogP contribution is -2.15. The summed E-state index contributed by atoms with van der Waals surface area (Å²) < 4.78 is 2.91. The Morgan fingerprint density at radius 3 is 2.96 bits per heavy atom. The van der Waals surface area contributed by atoms with Gasteiger partial charge in [0.1, 0.15) is 0 Å². The summed E-state index contributed by atoms with van der Waals surface area (Å²) >= 11 is 4.91. The third kappa shape index (κ3) is 2.89. The lowest BCUT2D eigenvalue weighted by atomic mass is 9.95. The molecule has 1 amide bonds. The van der Waals surface area contributed by atoms with Crippen LogP contribution in [0.5, 0.6) is 0 Å². The second kappa shape index (κ2) is 6.49. The van der Waals surface area contributed by atoms with Crippen LogP contribution in [0.3, 0.4) is 0 Å². The van der Waals surface area contributed by atoms with Crippen LogP contribution in [0.4, 0.5) is 5.13 Å². The van der Waals surface area contributed by atoms with E-state index >= 15 is 0 Å². The number of aromatic nitrogens is 3. The molecule has 1 aliphatic rings. The monoisotopic (exact) mass is 402 g/mol. The predicted molar refractivity (Wildman–Crippen MR) is 98.0 cm³/mol. The van der Waals surface area contributed by atoms with Gasteiger partial charge in [0, 0.05) is 27.3 Å². The Morgan fingerprint density at radius 2 is 2.17 bits per heavy atom. The van der Waals surface area contributed by atoms with E-state index in [1.54, 1.807) is 6.20 Å². The van der Waals surface area contributed by atoms with Gasteiger partial charge >= 0.3 is 0 Å². The molecule has 1 N–H and O–H groups in total. The van der Waals surface area contributed by atoms with Crippen LogP contribution in [0, 0.1) is 0 Å². The minimum absolute atomic E-state index is 0.183. The molecule has 1 aromatic carbocycles. The molecule has 0 aliphatic heterocycles. The highest BCUT2D eigenvalue weighted by Gasteiger charge is 2.26. The summed E-state index contributed by atoms with van der Waals surface area (Å²) in [5, 5.41) is 9.93. The number of hydrogen-bond acceptors (Lipinski definition) is 4. The van der Waals surface area contributed by atoms with Gasteiger partial charge in [0.15, 0.2) is 10.8 Å². The van der Waals surface area contributed by atoms with E-state index in [2.05, 4.69) is 31.3 Å². The molecule has 24 heavy (non-hydrogen) atoms. The molecule has 2 heterocycles. The fraction of sp³-hybridized carbons (Fsp3) is 0.235. The van der Waals surface area contributed by atoms with Crippen LogP contribution in [0.15, 0.2) is 40.3 Å². The Morgan fingerprint density at radius 1 is 1.29 bits per heavy atom. The van der Waals surface area contributed by atoms with Crippen molar-refractivity contribution in [3.8, 4) is 5.69 Å². The van der Waals surface area contributed by atoms with Gasteiger partial charge in [-0.25, -0.2) is 9.67 Å². The Balaban J connectivity index is 1.76. The number of nitrogens with zero attached hydrogens (tertiary/aromatic N) is 3. The number of fused-ring (bicyclic) bond motifs is 1. The van der Waals surface area contributed by atoms with Crippen molar-refractivity contribution in [3.63, 3.8) is 0 Å². The first-order valence-corrected chi connectivity index (χ1v) is 9.47. The number of halogens is 1. The Bertz CT molecular complexity index is 888. The van der Waals surface area contributed by atoms with E-state index in [9.17, 15) is 4.79 Å². The molecule has 0 atom stereocenters. The van der Waals surface area contributed by atoms with Crippen molar-refractivity contribution in [1.29, 1.82) is 0 Å². The molecule has 0 bridgehead atoms. The SMILES string of the molecule is O=C(Nc1nccs1)c1nn(-c2cccc(Br)c2)c2c1CCCC2. The maximum atomic E-state index is 12.7. The molecule has 1 aliphatic carbocycles. The second-order valence-corrected chi connectivity index (χ2v) is 7.47. The molecule has 0 spiro atoms. The molecule has 0 fully saturated rings. The molecule has 0 saturated carbocycles. The van der Waals surface area contributed by atoms with Gasteiger partial charge in [0.25, 0.3) is 5.91 Å². The van der Waals surface area contributed by atoms with Crippen LogP contribution in [-0.2, 0) is 12.8 Å². The van der Waals surface area contributed by atoms with Crippen molar-refractivity contribution in [2.45, 2.75) is 25.7 Å². The summed E-state index contributed by atoms with van der Waals surface area (Å²) in [6, 6.07) is 7.99. The molecule has 0 saturated heterocycles. The zero-order chi connectivity index (χ0) is 16.5. The Labute approximate surface area is 151 Å². The standard InChI is InChI=1S/C17H15BrN4OS/c18-11-4-3-5-12(10-11)22-14-7-2-1-6-13(14)15(21-22)16(23)20-17-19-8-9-24-17/h3-5,8-10H,1-2,6-7H2,(H,19,20,23). The van der Waals surface area contributed by atoms with E-state index in [-0.39, 0.29) is 5.91 Å². The third-order valence-corrected chi connectivity index (χ3v) is 5.28. The van der Waals surface area contributed by atoms with Gasteiger partial charge in [-0.05, 0) is 43.9 Å². The van der Waals surface area contributed by atoms with Crippen molar-refractivity contribution >= 4 is 38.3 Å². The van der Waals surface area contributed by atoms with E-state index in [1.165, 1.54) is 11.3 Å². The van der Waals surface area contributed by atoms with Gasteiger partial charge in [-0.3, -0.25) is 10.1 Å². The summed E-state index contributed by atoms with van der Waals surface area (Å²) in [7, 11) is 0. The van der Waals surface area contributed by atoms with Crippen LogP contribution in [0.2, 0.25) is 0 Å². The number of carbonyl (C=O) groups is 1. The quantitative estimate of drug-likeness (QED) is 0.712. The number of carbonyl (C=O) groups excluding carboxylic acids is 1. The summed E-state index contributed by atoms with van der Waals surface area (Å²) in [6.45, 7) is 0. The number of nitrogens with one attached hydrogen (secondary N) is 1. The fourth-order valence-electron chi connectivity index (χ4n) is 3.04. The highest BCUT2D eigenvalue weighted by molar-refractivity contribution is 9.10. The highest BCUT2D eigenvalue weighted by atomic mass is 79.9. The van der Waals surface area contributed by atoms with E-state index in [0.717, 1.165) is 47.1 Å². The first kappa shape index (κ1) is 15.5. The number of amides is 1. The number of thiazole rings is 1. The minimum Gasteiger partial charge on any atom is -0.296 e. The largest absolute Gasteiger partial charge is 0.296 e. The maximum Gasteiger partial charge on any atom is 0.278 e. The first-order valence-electron chi connectivity index (χ1n) is 7.80. The normalized spacial score (nSPS) is 13.5. The van der Waals surface area contributed by atoms with Crippen LogP contribution >= 0.6 is 27.3 Å². The van der Waals surface area contributed by atoms with Crippen LogP contribution < -0.4 is 5.32 Å². The average Bonchev–Trinajstić information content (AvgIpc) is 3.22. The van der Waals surface area contributed by atoms with Crippen LogP contribution in [-0.4, -0.2) is 20.7 Å². The van der Waals surface area contributed by atoms with E-state index in [1.807, 2.05) is 34.3 Å². The van der Waals surface area contributed by atoms with Crippen molar-refractivity contribution in [2.75, 3.05) is 5.32 Å². The van der Waals surface area contributed by atoms with E-state index in [4.69, 9.17) is 0 Å². The zero-order valence-electron chi connectivity index (χ0n) is 12.8. The summed E-state index contributed by atoms with van der Waals surface area (Å²) in [6.07, 6.45) is 5.73. The fourth-order valence-corrected chi connectivity index (χ4v) is 3.96.